The second kappa shape index (κ2) is 5.81. The third-order valence-corrected chi connectivity index (χ3v) is 6.58. The van der Waals surface area contributed by atoms with Gasteiger partial charge in [-0.2, -0.15) is 0 Å². The van der Waals surface area contributed by atoms with Gasteiger partial charge in [0.15, 0.2) is 0 Å². The van der Waals surface area contributed by atoms with Gasteiger partial charge in [-0.15, -0.1) is 0 Å². The molecular formula is C21H32N2. The molecule has 0 aromatic heterocycles. The Morgan fingerprint density at radius 2 is 1.57 bits per heavy atom. The molecule has 23 heavy (non-hydrogen) atoms. The topological polar surface area (TPSA) is 6.48 Å². The summed E-state index contributed by atoms with van der Waals surface area (Å²) in [6, 6.07) is 10.2. The highest BCUT2D eigenvalue weighted by atomic mass is 15.3. The van der Waals surface area contributed by atoms with E-state index >= 15 is 0 Å². The maximum Gasteiger partial charge on any atom is 0.0367 e. The van der Waals surface area contributed by atoms with Crippen LogP contribution in [0.3, 0.4) is 0 Å². The summed E-state index contributed by atoms with van der Waals surface area (Å²) in [6.07, 6.45) is 6.04. The molecule has 1 heterocycles. The molecule has 1 aromatic carbocycles. The summed E-state index contributed by atoms with van der Waals surface area (Å²) in [5, 5.41) is 0. The first kappa shape index (κ1) is 15.5. The normalized spacial score (nSPS) is 31.8. The molecule has 0 amide bonds. The second-order valence-corrected chi connectivity index (χ2v) is 9.06. The van der Waals surface area contributed by atoms with Crippen LogP contribution in [-0.4, -0.2) is 37.1 Å². The molecule has 4 rings (SSSR count). The van der Waals surface area contributed by atoms with Crippen LogP contribution in [0.4, 0.5) is 5.69 Å². The number of benzene rings is 1. The van der Waals surface area contributed by atoms with Gasteiger partial charge in [0.1, 0.15) is 0 Å². The maximum atomic E-state index is 2.81. The Morgan fingerprint density at radius 3 is 2.09 bits per heavy atom. The van der Waals surface area contributed by atoms with Gasteiger partial charge in [-0.1, -0.05) is 39.3 Å². The highest BCUT2D eigenvalue weighted by molar-refractivity contribution is 5.49. The second-order valence-electron chi connectivity index (χ2n) is 9.06. The molecule has 0 spiro atoms. The van der Waals surface area contributed by atoms with Crippen molar-refractivity contribution in [3.8, 4) is 0 Å². The molecule has 2 aliphatic carbocycles. The van der Waals surface area contributed by atoms with Gasteiger partial charge in [-0.25, -0.2) is 0 Å². The monoisotopic (exact) mass is 312 g/mol. The molecule has 0 radical (unpaired) electrons. The Morgan fingerprint density at radius 1 is 0.870 bits per heavy atom. The molecule has 2 saturated carbocycles. The largest absolute Gasteiger partial charge is 0.369 e. The molecule has 0 N–H and O–H groups in total. The lowest BCUT2D eigenvalue weighted by molar-refractivity contribution is 0.135. The molecule has 2 unspecified atom stereocenters. The highest BCUT2D eigenvalue weighted by Gasteiger charge is 2.42. The summed E-state index contributed by atoms with van der Waals surface area (Å²) in [5.74, 6) is 2.09. The van der Waals surface area contributed by atoms with Crippen LogP contribution in [0.25, 0.3) is 0 Å². The number of piperazine rings is 1. The zero-order valence-electron chi connectivity index (χ0n) is 15.1. The first-order valence-electron chi connectivity index (χ1n) is 9.60. The van der Waals surface area contributed by atoms with E-state index in [1.54, 1.807) is 0 Å². The van der Waals surface area contributed by atoms with Crippen molar-refractivity contribution in [1.82, 2.24) is 4.90 Å². The summed E-state index contributed by atoms with van der Waals surface area (Å²) >= 11 is 0. The van der Waals surface area contributed by atoms with Crippen LogP contribution in [0.5, 0.6) is 0 Å². The van der Waals surface area contributed by atoms with Gasteiger partial charge in [-0.05, 0) is 54.2 Å². The van der Waals surface area contributed by atoms with Gasteiger partial charge in [-0.3, -0.25) is 4.90 Å². The molecule has 2 nitrogen and oxygen atoms in total. The maximum absolute atomic E-state index is 2.81. The van der Waals surface area contributed by atoms with Crippen molar-refractivity contribution >= 4 is 5.69 Å². The number of hydrogen-bond acceptors (Lipinski definition) is 2. The van der Waals surface area contributed by atoms with Gasteiger partial charge >= 0.3 is 0 Å². The number of rotatable bonds is 2. The fourth-order valence-corrected chi connectivity index (χ4v) is 5.14. The molecule has 1 aliphatic heterocycles. The Bertz CT molecular complexity index is 534. The Hall–Kier alpha value is -1.02. The smallest absolute Gasteiger partial charge is 0.0367 e. The standard InChI is InChI=1S/C21H32N2/c1-21(2,3)18-6-8-19(9-7-18)22-10-12-23(13-11-22)20-15-16-4-5-17(20)14-16/h6-9,16-17,20H,4-5,10-15H2,1-3H3/t16?,17?,20-/m0/s1. The van der Waals surface area contributed by atoms with Crippen molar-refractivity contribution < 1.29 is 0 Å². The summed E-state index contributed by atoms with van der Waals surface area (Å²) < 4.78 is 0. The molecular weight excluding hydrogens is 280 g/mol. The van der Waals surface area contributed by atoms with Crippen LogP contribution >= 0.6 is 0 Å². The average molecular weight is 313 g/mol. The molecule has 126 valence electrons. The third kappa shape index (κ3) is 3.03. The quantitative estimate of drug-likeness (QED) is 0.803. The van der Waals surface area contributed by atoms with Crippen molar-refractivity contribution in [2.24, 2.45) is 11.8 Å². The molecule has 3 aliphatic rings. The number of fused-ring (bicyclic) bond motifs is 2. The predicted octanol–water partition coefficient (Wildman–Crippen LogP) is 4.29. The van der Waals surface area contributed by atoms with E-state index in [1.165, 1.54) is 63.1 Å². The van der Waals surface area contributed by atoms with E-state index < -0.39 is 0 Å². The molecule has 2 bridgehead atoms. The minimum absolute atomic E-state index is 0.249. The zero-order valence-corrected chi connectivity index (χ0v) is 15.1. The van der Waals surface area contributed by atoms with Crippen LogP contribution in [0.1, 0.15) is 52.0 Å². The minimum atomic E-state index is 0.249. The van der Waals surface area contributed by atoms with Crippen molar-refractivity contribution in [3.63, 3.8) is 0 Å². The summed E-state index contributed by atoms with van der Waals surface area (Å²) in [7, 11) is 0. The van der Waals surface area contributed by atoms with Crippen LogP contribution in [0.2, 0.25) is 0 Å². The summed E-state index contributed by atoms with van der Waals surface area (Å²) in [4.78, 5) is 5.39. The third-order valence-electron chi connectivity index (χ3n) is 6.58. The minimum Gasteiger partial charge on any atom is -0.369 e. The molecule has 1 aromatic rings. The van der Waals surface area contributed by atoms with Crippen molar-refractivity contribution in [1.29, 1.82) is 0 Å². The van der Waals surface area contributed by atoms with Gasteiger partial charge < -0.3 is 4.90 Å². The predicted molar refractivity (Wildman–Crippen MR) is 98.2 cm³/mol. The van der Waals surface area contributed by atoms with E-state index in [4.69, 9.17) is 0 Å². The van der Waals surface area contributed by atoms with Crippen LogP contribution in [0.15, 0.2) is 24.3 Å². The number of hydrogen-bond donors (Lipinski definition) is 0. The van der Waals surface area contributed by atoms with E-state index in [2.05, 4.69) is 54.8 Å². The van der Waals surface area contributed by atoms with Crippen LogP contribution in [-0.2, 0) is 5.41 Å². The first-order valence-corrected chi connectivity index (χ1v) is 9.60. The average Bonchev–Trinajstić information content (AvgIpc) is 3.17. The van der Waals surface area contributed by atoms with Crippen LogP contribution < -0.4 is 4.90 Å². The zero-order chi connectivity index (χ0) is 16.0. The van der Waals surface area contributed by atoms with Gasteiger partial charge in [0.2, 0.25) is 0 Å². The fraction of sp³-hybridized carbons (Fsp3) is 0.714. The van der Waals surface area contributed by atoms with Gasteiger partial charge in [0.05, 0.1) is 0 Å². The highest BCUT2D eigenvalue weighted by Crippen LogP contribution is 2.46. The summed E-state index contributed by atoms with van der Waals surface area (Å²) in [5.41, 5.74) is 3.09. The van der Waals surface area contributed by atoms with Gasteiger partial charge in [0, 0.05) is 37.9 Å². The lowest BCUT2D eigenvalue weighted by Crippen LogP contribution is -2.51. The van der Waals surface area contributed by atoms with E-state index in [1.807, 2.05) is 0 Å². The van der Waals surface area contributed by atoms with E-state index in [0.29, 0.717) is 0 Å². The van der Waals surface area contributed by atoms with Crippen LogP contribution in [0, 0.1) is 11.8 Å². The Balaban J connectivity index is 1.36. The van der Waals surface area contributed by atoms with Crippen molar-refractivity contribution in [3.05, 3.63) is 29.8 Å². The lowest BCUT2D eigenvalue weighted by atomic mass is 9.87. The van der Waals surface area contributed by atoms with E-state index in [0.717, 1.165) is 17.9 Å². The molecule has 2 heteroatoms. The van der Waals surface area contributed by atoms with Crippen molar-refractivity contribution in [2.45, 2.75) is 57.9 Å². The lowest BCUT2D eigenvalue weighted by Gasteiger charge is -2.42. The molecule has 3 fully saturated rings. The Labute approximate surface area is 141 Å². The van der Waals surface area contributed by atoms with Gasteiger partial charge in [0.25, 0.3) is 0 Å². The molecule has 3 atom stereocenters. The number of nitrogens with zero attached hydrogens (tertiary/aromatic N) is 2. The van der Waals surface area contributed by atoms with E-state index in [-0.39, 0.29) is 5.41 Å². The Kier molecular flexibility index (Phi) is 3.91. The van der Waals surface area contributed by atoms with E-state index in [9.17, 15) is 0 Å². The molecule has 1 saturated heterocycles. The summed E-state index contributed by atoms with van der Waals surface area (Å²) in [6.45, 7) is 11.8. The van der Waals surface area contributed by atoms with Crippen molar-refractivity contribution in [2.75, 3.05) is 31.1 Å². The first-order chi connectivity index (χ1) is 11.0. The number of anilines is 1. The SMILES string of the molecule is CC(C)(C)c1ccc(N2CCN([C@H]3CC4CCC3C4)CC2)cc1. The fourth-order valence-electron chi connectivity index (χ4n) is 5.14.